The van der Waals surface area contributed by atoms with Gasteiger partial charge in [0.2, 0.25) is 0 Å². The second-order valence-electron chi connectivity index (χ2n) is 6.86. The van der Waals surface area contributed by atoms with Gasteiger partial charge in [-0.25, -0.2) is 0 Å². The molecule has 0 aromatic heterocycles. The molecule has 0 spiro atoms. The summed E-state index contributed by atoms with van der Waals surface area (Å²) in [6.45, 7) is 3.62. The van der Waals surface area contributed by atoms with Crippen LogP contribution in [0, 0.1) is 11.8 Å². The number of nitrogens with one attached hydrogen (secondary N) is 2. The first kappa shape index (κ1) is 12.9. The van der Waals surface area contributed by atoms with Crippen LogP contribution in [0.4, 0.5) is 0 Å². The smallest absolute Gasteiger partial charge is 0.0113 e. The molecule has 0 radical (unpaired) electrons. The highest BCUT2D eigenvalue weighted by atomic mass is 15.0. The van der Waals surface area contributed by atoms with Gasteiger partial charge >= 0.3 is 0 Å². The molecule has 104 valence electrons. The molecule has 0 bridgehead atoms. The summed E-state index contributed by atoms with van der Waals surface area (Å²) in [5.74, 6) is 1.98. The minimum Gasteiger partial charge on any atom is -0.314 e. The van der Waals surface area contributed by atoms with Crippen molar-refractivity contribution in [3.63, 3.8) is 0 Å². The quantitative estimate of drug-likeness (QED) is 0.757. The van der Waals surface area contributed by atoms with E-state index in [2.05, 4.69) is 17.6 Å². The lowest BCUT2D eigenvalue weighted by Crippen LogP contribution is -2.46. The van der Waals surface area contributed by atoms with E-state index in [4.69, 9.17) is 0 Å². The van der Waals surface area contributed by atoms with Gasteiger partial charge in [0, 0.05) is 18.1 Å². The van der Waals surface area contributed by atoms with Crippen molar-refractivity contribution in [1.29, 1.82) is 0 Å². The molecule has 2 nitrogen and oxygen atoms in total. The van der Waals surface area contributed by atoms with Gasteiger partial charge in [-0.1, -0.05) is 26.2 Å². The van der Waals surface area contributed by atoms with Crippen molar-refractivity contribution in [3.8, 4) is 0 Å². The summed E-state index contributed by atoms with van der Waals surface area (Å²) in [6, 6.07) is 2.43. The van der Waals surface area contributed by atoms with Crippen molar-refractivity contribution in [1.82, 2.24) is 10.6 Å². The van der Waals surface area contributed by atoms with E-state index < -0.39 is 0 Å². The molecular formula is C16H30N2. The molecule has 4 unspecified atom stereocenters. The topological polar surface area (TPSA) is 24.1 Å². The van der Waals surface area contributed by atoms with Gasteiger partial charge in [-0.15, -0.1) is 0 Å². The fourth-order valence-electron chi connectivity index (χ4n) is 4.17. The standard InChI is InChI=1S/C16H30N2/c1-2-13(11-12-8-9-12)18-16-6-3-5-14(16)15-7-4-10-17-15/h12-18H,2-11H2,1H3. The first-order valence-corrected chi connectivity index (χ1v) is 8.36. The van der Waals surface area contributed by atoms with Crippen LogP contribution in [0.2, 0.25) is 0 Å². The lowest BCUT2D eigenvalue weighted by molar-refractivity contribution is 0.284. The van der Waals surface area contributed by atoms with Crippen LogP contribution in [0.25, 0.3) is 0 Å². The number of hydrogen-bond acceptors (Lipinski definition) is 2. The van der Waals surface area contributed by atoms with Crippen molar-refractivity contribution in [2.24, 2.45) is 11.8 Å². The zero-order chi connectivity index (χ0) is 12.4. The SMILES string of the molecule is CCC(CC1CC1)NC1CCCC1C1CCCN1. The number of hydrogen-bond donors (Lipinski definition) is 2. The van der Waals surface area contributed by atoms with E-state index >= 15 is 0 Å². The summed E-state index contributed by atoms with van der Waals surface area (Å²) < 4.78 is 0. The second kappa shape index (κ2) is 5.92. The van der Waals surface area contributed by atoms with Crippen LogP contribution in [-0.4, -0.2) is 24.7 Å². The van der Waals surface area contributed by atoms with Crippen molar-refractivity contribution in [3.05, 3.63) is 0 Å². The Morgan fingerprint density at radius 1 is 1.11 bits per heavy atom. The summed E-state index contributed by atoms with van der Waals surface area (Å²) >= 11 is 0. The summed E-state index contributed by atoms with van der Waals surface area (Å²) in [4.78, 5) is 0. The minimum atomic E-state index is 0.796. The Hall–Kier alpha value is -0.0800. The first-order valence-electron chi connectivity index (χ1n) is 8.36. The molecule has 2 heteroatoms. The fourth-order valence-corrected chi connectivity index (χ4v) is 4.17. The maximum Gasteiger partial charge on any atom is 0.0113 e. The Labute approximate surface area is 112 Å². The highest BCUT2D eigenvalue weighted by Crippen LogP contribution is 2.36. The van der Waals surface area contributed by atoms with Crippen LogP contribution >= 0.6 is 0 Å². The van der Waals surface area contributed by atoms with Crippen LogP contribution in [0.5, 0.6) is 0 Å². The van der Waals surface area contributed by atoms with Crippen LogP contribution in [0.15, 0.2) is 0 Å². The Bertz CT molecular complexity index is 256. The lowest BCUT2D eigenvalue weighted by Gasteiger charge is -2.30. The largest absolute Gasteiger partial charge is 0.314 e. The summed E-state index contributed by atoms with van der Waals surface area (Å²) in [7, 11) is 0. The first-order chi connectivity index (χ1) is 8.86. The normalized spacial score (nSPS) is 38.2. The average Bonchev–Trinajstić information content (AvgIpc) is 2.88. The average molecular weight is 250 g/mol. The third kappa shape index (κ3) is 3.08. The third-order valence-electron chi connectivity index (χ3n) is 5.44. The van der Waals surface area contributed by atoms with Crippen molar-refractivity contribution >= 4 is 0 Å². The van der Waals surface area contributed by atoms with Gasteiger partial charge < -0.3 is 10.6 Å². The van der Waals surface area contributed by atoms with Gasteiger partial charge in [0.15, 0.2) is 0 Å². The Kier molecular flexibility index (Phi) is 4.25. The van der Waals surface area contributed by atoms with Crippen LogP contribution in [0.1, 0.15) is 64.7 Å². The molecule has 0 aromatic rings. The highest BCUT2D eigenvalue weighted by Gasteiger charge is 2.36. The second-order valence-corrected chi connectivity index (χ2v) is 6.86. The van der Waals surface area contributed by atoms with Gasteiger partial charge in [0.05, 0.1) is 0 Å². The molecule has 3 rings (SSSR count). The molecule has 3 fully saturated rings. The molecule has 3 aliphatic rings. The van der Waals surface area contributed by atoms with E-state index in [0.29, 0.717) is 0 Å². The number of rotatable bonds is 6. The van der Waals surface area contributed by atoms with Gasteiger partial charge in [0.1, 0.15) is 0 Å². The van der Waals surface area contributed by atoms with E-state index in [-0.39, 0.29) is 0 Å². The molecule has 0 amide bonds. The van der Waals surface area contributed by atoms with Crippen molar-refractivity contribution in [2.75, 3.05) is 6.54 Å². The van der Waals surface area contributed by atoms with E-state index in [1.807, 2.05) is 0 Å². The van der Waals surface area contributed by atoms with Gasteiger partial charge in [-0.05, 0) is 56.9 Å². The minimum absolute atomic E-state index is 0.796. The lowest BCUT2D eigenvalue weighted by atomic mass is 9.92. The molecule has 2 saturated carbocycles. The Morgan fingerprint density at radius 3 is 2.67 bits per heavy atom. The molecular weight excluding hydrogens is 220 g/mol. The van der Waals surface area contributed by atoms with Crippen molar-refractivity contribution in [2.45, 2.75) is 82.8 Å². The van der Waals surface area contributed by atoms with Crippen LogP contribution in [-0.2, 0) is 0 Å². The van der Waals surface area contributed by atoms with E-state index in [1.165, 1.54) is 64.3 Å². The molecule has 2 N–H and O–H groups in total. The van der Waals surface area contributed by atoms with E-state index in [0.717, 1.165) is 30.0 Å². The van der Waals surface area contributed by atoms with Crippen LogP contribution < -0.4 is 10.6 Å². The highest BCUT2D eigenvalue weighted by molar-refractivity contribution is 4.94. The predicted molar refractivity (Wildman–Crippen MR) is 76.7 cm³/mol. The summed E-state index contributed by atoms with van der Waals surface area (Å²) in [5.41, 5.74) is 0. The molecule has 18 heavy (non-hydrogen) atoms. The van der Waals surface area contributed by atoms with Gasteiger partial charge in [-0.3, -0.25) is 0 Å². The fraction of sp³-hybridized carbons (Fsp3) is 1.00. The molecule has 4 atom stereocenters. The van der Waals surface area contributed by atoms with Gasteiger partial charge in [-0.2, -0.15) is 0 Å². The van der Waals surface area contributed by atoms with Crippen molar-refractivity contribution < 1.29 is 0 Å². The molecule has 2 aliphatic carbocycles. The molecule has 1 aliphatic heterocycles. The monoisotopic (exact) mass is 250 g/mol. The maximum absolute atomic E-state index is 4.02. The predicted octanol–water partition coefficient (Wildman–Crippen LogP) is 3.08. The molecule has 0 aromatic carbocycles. The zero-order valence-electron chi connectivity index (χ0n) is 12.0. The summed E-state index contributed by atoms with van der Waals surface area (Å²) in [5, 5.41) is 7.76. The van der Waals surface area contributed by atoms with Gasteiger partial charge in [0.25, 0.3) is 0 Å². The zero-order valence-corrected chi connectivity index (χ0v) is 12.0. The molecule has 1 saturated heterocycles. The Morgan fingerprint density at radius 2 is 2.00 bits per heavy atom. The third-order valence-corrected chi connectivity index (χ3v) is 5.44. The summed E-state index contributed by atoms with van der Waals surface area (Å²) in [6.07, 6.45) is 12.9. The van der Waals surface area contributed by atoms with Crippen LogP contribution in [0.3, 0.4) is 0 Å². The molecule has 1 heterocycles. The maximum atomic E-state index is 4.02. The van der Waals surface area contributed by atoms with E-state index in [1.54, 1.807) is 0 Å². The van der Waals surface area contributed by atoms with E-state index in [9.17, 15) is 0 Å². The Balaban J connectivity index is 1.52.